The number of ether oxygens (including phenoxy) is 2. The molecule has 0 spiro atoms. The van der Waals surface area contributed by atoms with Gasteiger partial charge >= 0.3 is 0 Å². The van der Waals surface area contributed by atoms with E-state index in [0.29, 0.717) is 22.1 Å². The van der Waals surface area contributed by atoms with Crippen molar-refractivity contribution in [2.24, 2.45) is 5.73 Å². The van der Waals surface area contributed by atoms with Crippen molar-refractivity contribution in [3.8, 4) is 11.5 Å². The minimum absolute atomic E-state index is 0.0552. The third-order valence-electron chi connectivity index (χ3n) is 5.41. The van der Waals surface area contributed by atoms with E-state index in [1.165, 1.54) is 19.2 Å². The Hall–Kier alpha value is -4.12. The standard InChI is InChI=1S/C26H29N3O7S/c1-26(2,3)15-12-19(24(35-4)20(13-15)29-37(5,33)34)28-25(32)23(31)18-10-11-21(36-14-22(27)30)17-9-7-6-8-16(17)18/h6-13,29H,14H2,1-5H3,(H2,27,30)(H,28,32). The van der Waals surface area contributed by atoms with Crippen LogP contribution in [0, 0.1) is 0 Å². The summed E-state index contributed by atoms with van der Waals surface area (Å²) in [5.41, 5.74) is 5.81. The maximum Gasteiger partial charge on any atom is 0.296 e. The van der Waals surface area contributed by atoms with E-state index < -0.39 is 33.0 Å². The highest BCUT2D eigenvalue weighted by Gasteiger charge is 2.25. The second-order valence-corrected chi connectivity index (χ2v) is 11.2. The van der Waals surface area contributed by atoms with Crippen LogP contribution in [-0.4, -0.2) is 46.0 Å². The van der Waals surface area contributed by atoms with E-state index in [9.17, 15) is 22.8 Å². The lowest BCUT2D eigenvalue weighted by Crippen LogP contribution is -2.24. The van der Waals surface area contributed by atoms with Gasteiger partial charge in [-0.15, -0.1) is 0 Å². The van der Waals surface area contributed by atoms with Gasteiger partial charge in [-0.1, -0.05) is 45.0 Å². The molecule has 0 aliphatic rings. The average Bonchev–Trinajstić information content (AvgIpc) is 2.80. The Labute approximate surface area is 215 Å². The fourth-order valence-electron chi connectivity index (χ4n) is 3.70. The Morgan fingerprint density at radius 3 is 2.16 bits per heavy atom. The van der Waals surface area contributed by atoms with Crippen LogP contribution in [0.3, 0.4) is 0 Å². The number of Topliss-reactive ketones (excluding diaryl/α,β-unsaturated/α-hetero) is 1. The summed E-state index contributed by atoms with van der Waals surface area (Å²) in [6.07, 6.45) is 1.000. The Morgan fingerprint density at radius 2 is 1.59 bits per heavy atom. The Morgan fingerprint density at radius 1 is 0.973 bits per heavy atom. The number of hydrogen-bond acceptors (Lipinski definition) is 7. The van der Waals surface area contributed by atoms with Gasteiger partial charge in [0.2, 0.25) is 10.0 Å². The monoisotopic (exact) mass is 527 g/mol. The molecule has 0 radical (unpaired) electrons. The molecule has 10 nitrogen and oxygen atoms in total. The highest BCUT2D eigenvalue weighted by Crippen LogP contribution is 2.39. The Balaban J connectivity index is 2.03. The largest absolute Gasteiger partial charge is 0.492 e. The molecule has 0 atom stereocenters. The summed E-state index contributed by atoms with van der Waals surface area (Å²) >= 11 is 0. The van der Waals surface area contributed by atoms with Crippen LogP contribution in [0.25, 0.3) is 10.8 Å². The number of amides is 2. The number of methoxy groups -OCH3 is 1. The highest BCUT2D eigenvalue weighted by molar-refractivity contribution is 7.92. The second kappa shape index (κ2) is 10.5. The molecule has 0 fully saturated rings. The molecule has 0 aliphatic heterocycles. The molecule has 0 bridgehead atoms. The zero-order valence-electron chi connectivity index (χ0n) is 21.2. The Kier molecular flexibility index (Phi) is 7.77. The number of sulfonamides is 1. The van der Waals surface area contributed by atoms with Crippen molar-refractivity contribution < 1.29 is 32.3 Å². The fraction of sp³-hybridized carbons (Fsp3) is 0.269. The molecule has 11 heteroatoms. The van der Waals surface area contributed by atoms with Crippen molar-refractivity contribution >= 4 is 49.8 Å². The lowest BCUT2D eigenvalue weighted by Gasteiger charge is -2.23. The number of anilines is 2. The second-order valence-electron chi connectivity index (χ2n) is 9.42. The van der Waals surface area contributed by atoms with E-state index in [1.54, 1.807) is 36.4 Å². The summed E-state index contributed by atoms with van der Waals surface area (Å²) in [5.74, 6) is -2.05. The molecule has 3 aromatic rings. The molecule has 0 saturated heterocycles. The first-order valence-corrected chi connectivity index (χ1v) is 13.1. The Bertz CT molecular complexity index is 1490. The molecule has 0 heterocycles. The van der Waals surface area contributed by atoms with E-state index in [4.69, 9.17) is 15.2 Å². The van der Waals surface area contributed by atoms with E-state index in [0.717, 1.165) is 6.26 Å². The minimum atomic E-state index is -3.67. The topological polar surface area (TPSA) is 154 Å². The van der Waals surface area contributed by atoms with Crippen LogP contribution in [0.5, 0.6) is 11.5 Å². The summed E-state index contributed by atoms with van der Waals surface area (Å²) in [6, 6.07) is 13.0. The predicted octanol–water partition coefficient (Wildman–Crippen LogP) is 3.20. The first-order chi connectivity index (χ1) is 17.2. The van der Waals surface area contributed by atoms with Crippen molar-refractivity contribution in [3.05, 3.63) is 59.7 Å². The van der Waals surface area contributed by atoms with E-state index in [-0.39, 0.29) is 29.3 Å². The molecule has 3 aromatic carbocycles. The van der Waals surface area contributed by atoms with Gasteiger partial charge in [-0.3, -0.25) is 19.1 Å². The lowest BCUT2D eigenvalue weighted by atomic mass is 9.86. The van der Waals surface area contributed by atoms with Gasteiger partial charge in [-0.25, -0.2) is 8.42 Å². The first-order valence-electron chi connectivity index (χ1n) is 11.2. The number of nitrogens with one attached hydrogen (secondary N) is 2. The third kappa shape index (κ3) is 6.56. The molecule has 0 aliphatic carbocycles. The first kappa shape index (κ1) is 27.5. The molecular weight excluding hydrogens is 498 g/mol. The van der Waals surface area contributed by atoms with Gasteiger partial charge in [-0.05, 0) is 40.6 Å². The van der Waals surface area contributed by atoms with Crippen LogP contribution >= 0.6 is 0 Å². The molecular formula is C26H29N3O7S. The van der Waals surface area contributed by atoms with Gasteiger partial charge in [0.15, 0.2) is 12.4 Å². The number of carbonyl (C=O) groups excluding carboxylic acids is 3. The summed E-state index contributed by atoms with van der Waals surface area (Å²) in [6.45, 7) is 5.42. The normalized spacial score (nSPS) is 11.6. The van der Waals surface area contributed by atoms with Gasteiger partial charge in [0.1, 0.15) is 5.75 Å². The highest BCUT2D eigenvalue weighted by atomic mass is 32.2. The van der Waals surface area contributed by atoms with Crippen molar-refractivity contribution in [2.45, 2.75) is 26.2 Å². The maximum atomic E-state index is 13.3. The van der Waals surface area contributed by atoms with Crippen LogP contribution in [0.1, 0.15) is 36.7 Å². The van der Waals surface area contributed by atoms with Crippen LogP contribution < -0.4 is 25.2 Å². The number of nitrogens with two attached hydrogens (primary N) is 1. The molecule has 196 valence electrons. The molecule has 4 N–H and O–H groups in total. The van der Waals surface area contributed by atoms with Gasteiger partial charge in [0, 0.05) is 10.9 Å². The third-order valence-corrected chi connectivity index (χ3v) is 6.00. The molecule has 0 saturated carbocycles. The quantitative estimate of drug-likeness (QED) is 0.285. The lowest BCUT2D eigenvalue weighted by molar-refractivity contribution is -0.120. The minimum Gasteiger partial charge on any atom is -0.492 e. The zero-order chi connectivity index (χ0) is 27.5. The molecule has 2 amide bonds. The van der Waals surface area contributed by atoms with Gasteiger partial charge in [0.25, 0.3) is 17.6 Å². The van der Waals surface area contributed by atoms with E-state index in [2.05, 4.69) is 10.0 Å². The van der Waals surface area contributed by atoms with Crippen molar-refractivity contribution in [1.82, 2.24) is 0 Å². The number of hydrogen-bond donors (Lipinski definition) is 3. The van der Waals surface area contributed by atoms with Crippen LogP contribution in [0.15, 0.2) is 48.5 Å². The van der Waals surface area contributed by atoms with Crippen molar-refractivity contribution in [2.75, 3.05) is 30.0 Å². The number of ketones is 1. The number of benzene rings is 3. The average molecular weight is 528 g/mol. The smallest absolute Gasteiger partial charge is 0.296 e. The fourth-order valence-corrected chi connectivity index (χ4v) is 4.25. The molecule has 37 heavy (non-hydrogen) atoms. The predicted molar refractivity (Wildman–Crippen MR) is 142 cm³/mol. The van der Waals surface area contributed by atoms with Crippen LogP contribution in [0.2, 0.25) is 0 Å². The summed E-state index contributed by atoms with van der Waals surface area (Å²) in [7, 11) is -2.34. The molecule has 3 rings (SSSR count). The summed E-state index contributed by atoms with van der Waals surface area (Å²) in [4.78, 5) is 37.5. The summed E-state index contributed by atoms with van der Waals surface area (Å²) in [5, 5.41) is 3.54. The molecule has 0 aromatic heterocycles. The van der Waals surface area contributed by atoms with Gasteiger partial charge < -0.3 is 20.5 Å². The van der Waals surface area contributed by atoms with Crippen molar-refractivity contribution in [1.29, 1.82) is 0 Å². The zero-order valence-corrected chi connectivity index (χ0v) is 22.0. The van der Waals surface area contributed by atoms with E-state index >= 15 is 0 Å². The van der Waals surface area contributed by atoms with E-state index in [1.807, 2.05) is 20.8 Å². The summed E-state index contributed by atoms with van der Waals surface area (Å²) < 4.78 is 37.1. The molecule has 0 unspecified atom stereocenters. The van der Waals surface area contributed by atoms with Crippen LogP contribution in [0.4, 0.5) is 11.4 Å². The number of fused-ring (bicyclic) bond motifs is 1. The van der Waals surface area contributed by atoms with Gasteiger partial charge in [0.05, 0.1) is 24.7 Å². The van der Waals surface area contributed by atoms with Gasteiger partial charge in [-0.2, -0.15) is 0 Å². The SMILES string of the molecule is COc1c(NC(=O)C(=O)c2ccc(OCC(N)=O)c3ccccc23)cc(C(C)(C)C)cc1NS(C)(=O)=O. The van der Waals surface area contributed by atoms with Crippen molar-refractivity contribution in [3.63, 3.8) is 0 Å². The maximum absolute atomic E-state index is 13.3. The number of rotatable bonds is 9. The number of carbonyl (C=O) groups is 3. The van der Waals surface area contributed by atoms with Crippen LogP contribution in [-0.2, 0) is 25.0 Å². The number of primary amides is 1.